The van der Waals surface area contributed by atoms with Crippen LogP contribution in [0.2, 0.25) is 5.02 Å². The normalized spacial score (nSPS) is 13.0. The fraction of sp³-hybridized carbons (Fsp3) is 0.312. The van der Waals surface area contributed by atoms with Gasteiger partial charge in [-0.2, -0.15) is 11.3 Å². The number of nitrogens with one attached hydrogen (secondary N) is 1. The van der Waals surface area contributed by atoms with Crippen molar-refractivity contribution in [3.63, 3.8) is 0 Å². The van der Waals surface area contributed by atoms with Crippen molar-refractivity contribution in [2.75, 3.05) is 13.7 Å². The van der Waals surface area contributed by atoms with E-state index >= 15 is 0 Å². The highest BCUT2D eigenvalue weighted by Gasteiger charge is 2.19. The van der Waals surface area contributed by atoms with Gasteiger partial charge in [0.05, 0.1) is 18.6 Å². The molecule has 23 heavy (non-hydrogen) atoms. The summed E-state index contributed by atoms with van der Waals surface area (Å²) in [5.41, 5.74) is 7.59. The lowest BCUT2D eigenvalue weighted by Gasteiger charge is -2.20. The number of methoxy groups -OCH3 is 1. The van der Waals surface area contributed by atoms with Crippen molar-refractivity contribution in [1.82, 2.24) is 5.32 Å². The molecule has 1 heterocycles. The molecule has 2 rings (SSSR count). The van der Waals surface area contributed by atoms with Gasteiger partial charge in [-0.25, -0.2) is 0 Å². The van der Waals surface area contributed by atoms with Gasteiger partial charge in [-0.1, -0.05) is 23.7 Å². The van der Waals surface area contributed by atoms with Crippen LogP contribution in [0.15, 0.2) is 41.1 Å². The predicted octanol–water partition coefficient (Wildman–Crippen LogP) is 3.39. The summed E-state index contributed by atoms with van der Waals surface area (Å²) < 4.78 is 5.16. The summed E-state index contributed by atoms with van der Waals surface area (Å²) in [4.78, 5) is 12.2. The van der Waals surface area contributed by atoms with Crippen molar-refractivity contribution in [1.29, 1.82) is 0 Å². The fourth-order valence-corrected chi connectivity index (χ4v) is 2.96. The Morgan fingerprint density at radius 1 is 1.30 bits per heavy atom. The summed E-state index contributed by atoms with van der Waals surface area (Å²) in [5, 5.41) is 7.72. The first-order valence-corrected chi connectivity index (χ1v) is 8.26. The number of hydrogen-bond donors (Lipinski definition) is 2. The lowest BCUT2D eigenvalue weighted by Crippen LogP contribution is -2.34. The Morgan fingerprint density at radius 3 is 2.52 bits per heavy atom. The molecule has 0 bridgehead atoms. The maximum atomic E-state index is 12.2. The highest BCUT2D eigenvalue weighted by Crippen LogP contribution is 2.25. The van der Waals surface area contributed by atoms with Crippen LogP contribution in [0.25, 0.3) is 0 Å². The zero-order chi connectivity index (χ0) is 15.9. The molecule has 1 amide bonds. The van der Waals surface area contributed by atoms with Crippen molar-refractivity contribution in [3.8, 4) is 0 Å². The molecule has 2 atom stereocenters. The standard InChI is InChI=1S/C16H19ClN2O2S.ClH/c1-21-14(9-18)8-15(20)19-16(12-6-7-22-10-12)11-2-4-13(17)5-3-11;/h2-7,10,14,16H,8-9,18H2,1H3,(H,19,20);1H. The van der Waals surface area contributed by atoms with Crippen LogP contribution in [0.5, 0.6) is 0 Å². The van der Waals surface area contributed by atoms with Crippen LogP contribution in [-0.4, -0.2) is 25.7 Å². The van der Waals surface area contributed by atoms with E-state index in [-0.39, 0.29) is 36.9 Å². The average Bonchev–Trinajstić information content (AvgIpc) is 3.05. The molecule has 2 unspecified atom stereocenters. The number of ether oxygens (including phenoxy) is 1. The van der Waals surface area contributed by atoms with E-state index in [1.807, 2.05) is 41.1 Å². The van der Waals surface area contributed by atoms with Crippen molar-refractivity contribution in [2.45, 2.75) is 18.6 Å². The third kappa shape index (κ3) is 5.79. The first-order chi connectivity index (χ1) is 10.6. The predicted molar refractivity (Wildman–Crippen MR) is 97.5 cm³/mol. The number of nitrogens with two attached hydrogens (primary N) is 1. The van der Waals surface area contributed by atoms with E-state index < -0.39 is 0 Å². The van der Waals surface area contributed by atoms with E-state index in [2.05, 4.69) is 5.32 Å². The van der Waals surface area contributed by atoms with E-state index in [9.17, 15) is 4.79 Å². The molecule has 3 N–H and O–H groups in total. The summed E-state index contributed by atoms with van der Waals surface area (Å²) in [7, 11) is 1.56. The highest BCUT2D eigenvalue weighted by atomic mass is 35.5. The molecule has 1 aromatic carbocycles. The third-order valence-electron chi connectivity index (χ3n) is 3.39. The molecule has 126 valence electrons. The lowest BCUT2D eigenvalue weighted by atomic mass is 10.0. The SMILES string of the molecule is COC(CN)CC(=O)NC(c1ccc(Cl)cc1)c1ccsc1.Cl. The van der Waals surface area contributed by atoms with Gasteiger partial charge in [0.1, 0.15) is 0 Å². The van der Waals surface area contributed by atoms with Crippen molar-refractivity contribution in [2.24, 2.45) is 5.73 Å². The first kappa shape index (κ1) is 19.9. The Kier molecular flexibility index (Phi) is 8.58. The van der Waals surface area contributed by atoms with Gasteiger partial charge in [0.2, 0.25) is 5.91 Å². The number of carbonyl (C=O) groups is 1. The zero-order valence-electron chi connectivity index (χ0n) is 12.7. The summed E-state index contributed by atoms with van der Waals surface area (Å²) in [5.74, 6) is -0.0940. The molecule has 0 fully saturated rings. The van der Waals surface area contributed by atoms with Crippen LogP contribution in [0.4, 0.5) is 0 Å². The summed E-state index contributed by atoms with van der Waals surface area (Å²) >= 11 is 7.53. The molecule has 7 heteroatoms. The van der Waals surface area contributed by atoms with Gasteiger partial charge in [-0.3, -0.25) is 4.79 Å². The van der Waals surface area contributed by atoms with Gasteiger partial charge < -0.3 is 15.8 Å². The lowest BCUT2D eigenvalue weighted by molar-refractivity contribution is -0.123. The molecule has 0 saturated carbocycles. The number of benzene rings is 1. The van der Waals surface area contributed by atoms with Crippen LogP contribution in [-0.2, 0) is 9.53 Å². The van der Waals surface area contributed by atoms with Crippen LogP contribution in [0.3, 0.4) is 0 Å². The fourth-order valence-electron chi connectivity index (χ4n) is 2.14. The van der Waals surface area contributed by atoms with Gasteiger partial charge >= 0.3 is 0 Å². The highest BCUT2D eigenvalue weighted by molar-refractivity contribution is 7.08. The number of hydrogen-bond acceptors (Lipinski definition) is 4. The number of rotatable bonds is 7. The maximum Gasteiger partial charge on any atom is 0.223 e. The monoisotopic (exact) mass is 374 g/mol. The molecular weight excluding hydrogens is 355 g/mol. The van der Waals surface area contributed by atoms with Crippen LogP contribution >= 0.6 is 35.3 Å². The van der Waals surface area contributed by atoms with Gasteiger partial charge in [-0.15, -0.1) is 12.4 Å². The second-order valence-electron chi connectivity index (χ2n) is 4.91. The number of amides is 1. The Balaban J connectivity index is 0.00000264. The molecule has 0 spiro atoms. The Labute approximate surface area is 151 Å². The molecular formula is C16H20Cl2N2O2S. The third-order valence-corrected chi connectivity index (χ3v) is 4.35. The first-order valence-electron chi connectivity index (χ1n) is 6.93. The summed E-state index contributed by atoms with van der Waals surface area (Å²) in [6.45, 7) is 0.313. The number of carbonyl (C=O) groups excluding carboxylic acids is 1. The van der Waals surface area contributed by atoms with Crippen LogP contribution in [0, 0.1) is 0 Å². The maximum absolute atomic E-state index is 12.2. The number of thiophene rings is 1. The zero-order valence-corrected chi connectivity index (χ0v) is 15.1. The van der Waals surface area contributed by atoms with Gasteiger partial charge in [-0.05, 0) is 40.1 Å². The van der Waals surface area contributed by atoms with E-state index in [0.717, 1.165) is 11.1 Å². The Bertz CT molecular complexity index is 587. The Morgan fingerprint density at radius 2 is 2.00 bits per heavy atom. The van der Waals surface area contributed by atoms with Gasteiger partial charge in [0, 0.05) is 18.7 Å². The van der Waals surface area contributed by atoms with E-state index in [0.29, 0.717) is 11.6 Å². The smallest absolute Gasteiger partial charge is 0.223 e. The van der Waals surface area contributed by atoms with E-state index in [1.165, 1.54) is 0 Å². The second kappa shape index (κ2) is 9.90. The minimum absolute atomic E-state index is 0. The second-order valence-corrected chi connectivity index (χ2v) is 6.12. The largest absolute Gasteiger partial charge is 0.380 e. The summed E-state index contributed by atoms with van der Waals surface area (Å²) in [6.07, 6.45) is -0.0327. The van der Waals surface area contributed by atoms with Crippen LogP contribution in [0.1, 0.15) is 23.6 Å². The molecule has 0 radical (unpaired) electrons. The van der Waals surface area contributed by atoms with E-state index in [1.54, 1.807) is 18.4 Å². The van der Waals surface area contributed by atoms with E-state index in [4.69, 9.17) is 22.1 Å². The molecule has 0 aliphatic carbocycles. The molecule has 0 aliphatic rings. The Hall–Kier alpha value is -1.11. The molecule has 2 aromatic rings. The summed E-state index contributed by atoms with van der Waals surface area (Å²) in [6, 6.07) is 9.27. The van der Waals surface area contributed by atoms with Gasteiger partial charge in [0.25, 0.3) is 0 Å². The molecule has 4 nitrogen and oxygen atoms in total. The molecule has 0 aliphatic heterocycles. The van der Waals surface area contributed by atoms with Crippen LogP contribution < -0.4 is 11.1 Å². The molecule has 1 aromatic heterocycles. The number of halogens is 2. The molecule has 0 saturated heterocycles. The van der Waals surface area contributed by atoms with Gasteiger partial charge in [0.15, 0.2) is 0 Å². The minimum Gasteiger partial charge on any atom is -0.380 e. The van der Waals surface area contributed by atoms with Crippen molar-refractivity contribution >= 4 is 41.3 Å². The van der Waals surface area contributed by atoms with Crippen molar-refractivity contribution in [3.05, 3.63) is 57.2 Å². The quantitative estimate of drug-likeness (QED) is 0.780. The topological polar surface area (TPSA) is 64.3 Å². The minimum atomic E-state index is -0.270. The van der Waals surface area contributed by atoms with Crippen molar-refractivity contribution < 1.29 is 9.53 Å². The average molecular weight is 375 g/mol.